The second kappa shape index (κ2) is 9.43. The molecule has 1 aliphatic heterocycles. The van der Waals surface area contributed by atoms with Gasteiger partial charge in [0.1, 0.15) is 0 Å². The summed E-state index contributed by atoms with van der Waals surface area (Å²) in [5, 5.41) is 4.36. The van der Waals surface area contributed by atoms with Gasteiger partial charge in [0.05, 0.1) is 17.8 Å². The lowest BCUT2D eigenvalue weighted by Gasteiger charge is -2.28. The number of pyridine rings is 1. The number of para-hydroxylation sites is 1. The highest BCUT2D eigenvalue weighted by molar-refractivity contribution is 7.80. The third kappa shape index (κ3) is 4.01. The summed E-state index contributed by atoms with van der Waals surface area (Å²) in [5.74, 6) is 0. The molecular weight excluding hydrogens is 436 g/mol. The number of nitrogens with zero attached hydrogens (tertiary/aromatic N) is 3. The van der Waals surface area contributed by atoms with Crippen LogP contribution < -0.4 is 5.32 Å². The van der Waals surface area contributed by atoms with Crippen LogP contribution in [0.2, 0.25) is 0 Å². The van der Waals surface area contributed by atoms with E-state index in [1.807, 2.05) is 18.3 Å². The summed E-state index contributed by atoms with van der Waals surface area (Å²) in [4.78, 5) is 7.02. The summed E-state index contributed by atoms with van der Waals surface area (Å²) in [5.41, 5.74) is 8.59. The molecular formula is C29H30N4S. The van der Waals surface area contributed by atoms with Crippen LogP contribution in [-0.2, 0) is 13.0 Å². The van der Waals surface area contributed by atoms with Crippen molar-refractivity contribution in [2.24, 2.45) is 0 Å². The van der Waals surface area contributed by atoms with Crippen molar-refractivity contribution in [2.45, 2.75) is 45.8 Å². The predicted octanol–water partition coefficient (Wildman–Crippen LogP) is 6.22. The van der Waals surface area contributed by atoms with Crippen LogP contribution in [0.5, 0.6) is 0 Å². The molecule has 172 valence electrons. The van der Waals surface area contributed by atoms with E-state index in [9.17, 15) is 0 Å². The zero-order valence-corrected chi connectivity index (χ0v) is 20.7. The Bertz CT molecular complexity index is 1300. The number of benzene rings is 2. The van der Waals surface area contributed by atoms with Crippen molar-refractivity contribution >= 4 is 17.3 Å². The van der Waals surface area contributed by atoms with E-state index in [0.717, 1.165) is 23.8 Å². The zero-order valence-electron chi connectivity index (χ0n) is 19.9. The van der Waals surface area contributed by atoms with Crippen LogP contribution in [0.25, 0.3) is 5.69 Å². The van der Waals surface area contributed by atoms with E-state index in [-0.39, 0.29) is 12.1 Å². The second-order valence-corrected chi connectivity index (χ2v) is 9.27. The highest BCUT2D eigenvalue weighted by Crippen LogP contribution is 2.42. The van der Waals surface area contributed by atoms with Crippen LogP contribution in [0.3, 0.4) is 0 Å². The van der Waals surface area contributed by atoms with Gasteiger partial charge in [0.2, 0.25) is 0 Å². The Morgan fingerprint density at radius 3 is 2.41 bits per heavy atom. The third-order valence-corrected chi connectivity index (χ3v) is 7.15. The summed E-state index contributed by atoms with van der Waals surface area (Å²) < 4.78 is 2.39. The molecule has 1 fully saturated rings. The van der Waals surface area contributed by atoms with E-state index in [4.69, 9.17) is 17.2 Å². The van der Waals surface area contributed by atoms with Gasteiger partial charge in [-0.3, -0.25) is 4.98 Å². The predicted molar refractivity (Wildman–Crippen MR) is 142 cm³/mol. The van der Waals surface area contributed by atoms with Crippen LogP contribution >= 0.6 is 12.2 Å². The number of aromatic nitrogens is 2. The molecule has 0 unspecified atom stereocenters. The smallest absolute Gasteiger partial charge is 0.170 e. The molecule has 0 spiro atoms. The van der Waals surface area contributed by atoms with Gasteiger partial charge in [-0.25, -0.2) is 0 Å². The summed E-state index contributed by atoms with van der Waals surface area (Å²) >= 11 is 5.89. The first-order valence-electron chi connectivity index (χ1n) is 11.9. The summed E-state index contributed by atoms with van der Waals surface area (Å²) in [7, 11) is 0. The fraction of sp³-hybridized carbons (Fsp3) is 0.241. The topological polar surface area (TPSA) is 33.1 Å². The van der Waals surface area contributed by atoms with Crippen molar-refractivity contribution in [1.82, 2.24) is 19.8 Å². The number of aryl methyl sites for hydroxylation is 2. The van der Waals surface area contributed by atoms with Gasteiger partial charge in [0.15, 0.2) is 5.11 Å². The average Bonchev–Trinajstić information content (AvgIpc) is 3.35. The number of thiocarbonyl (C=S) groups is 1. The number of rotatable bonds is 6. The first-order valence-corrected chi connectivity index (χ1v) is 12.3. The molecule has 4 nitrogen and oxygen atoms in total. The van der Waals surface area contributed by atoms with Crippen LogP contribution in [0.15, 0.2) is 85.1 Å². The van der Waals surface area contributed by atoms with Crippen molar-refractivity contribution < 1.29 is 0 Å². The van der Waals surface area contributed by atoms with E-state index >= 15 is 0 Å². The molecule has 0 radical (unpaired) electrons. The highest BCUT2D eigenvalue weighted by Gasteiger charge is 2.41. The Kier molecular flexibility index (Phi) is 6.20. The Hall–Kier alpha value is -3.44. The molecule has 1 saturated heterocycles. The van der Waals surface area contributed by atoms with Crippen molar-refractivity contribution in [1.29, 1.82) is 0 Å². The quantitative estimate of drug-likeness (QED) is 0.342. The van der Waals surface area contributed by atoms with Crippen LogP contribution in [-0.4, -0.2) is 19.6 Å². The van der Waals surface area contributed by atoms with Gasteiger partial charge >= 0.3 is 0 Å². The van der Waals surface area contributed by atoms with Gasteiger partial charge in [-0.2, -0.15) is 0 Å². The lowest BCUT2D eigenvalue weighted by atomic mass is 9.96. The molecule has 5 rings (SSSR count). The fourth-order valence-corrected chi connectivity index (χ4v) is 5.49. The van der Waals surface area contributed by atoms with Crippen molar-refractivity contribution in [3.8, 4) is 5.69 Å². The molecule has 2 atom stereocenters. The lowest BCUT2D eigenvalue weighted by molar-refractivity contribution is 0.310. The third-order valence-electron chi connectivity index (χ3n) is 6.80. The van der Waals surface area contributed by atoms with E-state index in [0.29, 0.717) is 0 Å². The first-order chi connectivity index (χ1) is 16.6. The molecule has 1 N–H and O–H groups in total. The van der Waals surface area contributed by atoms with Crippen molar-refractivity contribution in [3.05, 3.63) is 119 Å². The maximum atomic E-state index is 5.89. The summed E-state index contributed by atoms with van der Waals surface area (Å²) in [6, 6.07) is 27.7. The fourth-order valence-electron chi connectivity index (χ4n) is 5.18. The molecule has 2 aromatic carbocycles. The number of hydrogen-bond acceptors (Lipinski definition) is 2. The van der Waals surface area contributed by atoms with Crippen molar-refractivity contribution in [3.63, 3.8) is 0 Å². The van der Waals surface area contributed by atoms with E-state index in [1.54, 1.807) is 0 Å². The molecule has 0 bridgehead atoms. The van der Waals surface area contributed by atoms with Gasteiger partial charge in [0, 0.05) is 29.8 Å². The Morgan fingerprint density at radius 2 is 1.68 bits per heavy atom. The molecule has 3 heterocycles. The highest BCUT2D eigenvalue weighted by atomic mass is 32.1. The Morgan fingerprint density at radius 1 is 0.941 bits per heavy atom. The van der Waals surface area contributed by atoms with E-state index in [2.05, 4.69) is 102 Å². The molecule has 0 amide bonds. The maximum absolute atomic E-state index is 5.89. The van der Waals surface area contributed by atoms with Crippen molar-refractivity contribution in [2.75, 3.05) is 0 Å². The van der Waals surface area contributed by atoms with Gasteiger partial charge in [0.25, 0.3) is 0 Å². The number of hydrogen-bond donors (Lipinski definition) is 1. The lowest BCUT2D eigenvalue weighted by Crippen LogP contribution is -2.29. The second-order valence-electron chi connectivity index (χ2n) is 8.88. The maximum Gasteiger partial charge on any atom is 0.170 e. The normalized spacial score (nSPS) is 17.7. The van der Waals surface area contributed by atoms with Gasteiger partial charge in [-0.1, -0.05) is 61.5 Å². The minimum absolute atomic E-state index is 0.0206. The number of nitrogens with one attached hydrogen (secondary N) is 1. The Balaban J connectivity index is 1.64. The van der Waals surface area contributed by atoms with E-state index in [1.165, 1.54) is 33.8 Å². The monoisotopic (exact) mass is 466 g/mol. The minimum Gasteiger partial charge on any atom is -0.352 e. The first kappa shape index (κ1) is 22.4. The average molecular weight is 467 g/mol. The zero-order chi connectivity index (χ0) is 23.7. The molecule has 5 heteroatoms. The molecule has 2 aromatic heterocycles. The largest absolute Gasteiger partial charge is 0.352 e. The van der Waals surface area contributed by atoms with Crippen LogP contribution in [0.4, 0.5) is 0 Å². The molecule has 0 aliphatic carbocycles. The van der Waals surface area contributed by atoms with Gasteiger partial charge in [-0.15, -0.1) is 0 Å². The standard InChI is InChI=1S/C29H30N4S/c1-4-23-14-8-9-16-26(23)33-20(2)18-24(21(33)3)28-27(25-15-10-11-17-30-25)31-29(34)32(28)19-22-12-6-5-7-13-22/h5-18,27-28H,4,19H2,1-3H3,(H,31,34)/t27-,28-/m1/s1. The van der Waals surface area contributed by atoms with Crippen LogP contribution in [0, 0.1) is 13.8 Å². The Labute approximate surface area is 207 Å². The van der Waals surface area contributed by atoms with Gasteiger partial charge < -0.3 is 14.8 Å². The van der Waals surface area contributed by atoms with E-state index < -0.39 is 0 Å². The van der Waals surface area contributed by atoms with Crippen LogP contribution in [0.1, 0.15) is 52.8 Å². The summed E-state index contributed by atoms with van der Waals surface area (Å²) in [6.45, 7) is 7.38. The molecule has 4 aromatic rings. The molecule has 34 heavy (non-hydrogen) atoms. The molecule has 1 aliphatic rings. The van der Waals surface area contributed by atoms with Gasteiger partial charge in [-0.05, 0) is 73.4 Å². The summed E-state index contributed by atoms with van der Waals surface area (Å²) in [6.07, 6.45) is 2.85. The molecule has 0 saturated carbocycles. The minimum atomic E-state index is -0.0206. The SMILES string of the molecule is CCc1ccccc1-n1c(C)cc([C@@H]2[C@@H](c3ccccn3)NC(=S)N2Cc2ccccc2)c1C.